The van der Waals surface area contributed by atoms with Crippen LogP contribution in [0.2, 0.25) is 5.02 Å². The van der Waals surface area contributed by atoms with Gasteiger partial charge in [0.1, 0.15) is 0 Å². The number of Topliss-reactive ketones (excluding diaryl/α,β-unsaturated/α-hetero) is 1. The monoisotopic (exact) mass is 304 g/mol. The van der Waals surface area contributed by atoms with Gasteiger partial charge in [0.2, 0.25) is 0 Å². The summed E-state index contributed by atoms with van der Waals surface area (Å²) >= 11 is 7.47. The zero-order valence-corrected chi connectivity index (χ0v) is 13.4. The Morgan fingerprint density at radius 3 is 2.35 bits per heavy atom. The van der Waals surface area contributed by atoms with Crippen molar-refractivity contribution < 1.29 is 4.79 Å². The summed E-state index contributed by atoms with van der Waals surface area (Å²) in [6, 6.07) is 11.7. The van der Waals surface area contributed by atoms with E-state index in [1.807, 2.05) is 38.1 Å². The molecule has 0 amide bonds. The molecule has 3 heteroatoms. The molecule has 0 saturated carbocycles. The molecule has 0 radical (unpaired) electrons. The van der Waals surface area contributed by atoms with Crippen molar-refractivity contribution in [1.82, 2.24) is 0 Å². The van der Waals surface area contributed by atoms with Gasteiger partial charge < -0.3 is 0 Å². The summed E-state index contributed by atoms with van der Waals surface area (Å²) in [5.74, 6) is 0.607. The molecule has 0 fully saturated rings. The van der Waals surface area contributed by atoms with E-state index in [0.29, 0.717) is 10.8 Å². The van der Waals surface area contributed by atoms with E-state index in [0.717, 1.165) is 21.6 Å². The van der Waals surface area contributed by atoms with Crippen LogP contribution in [-0.4, -0.2) is 11.5 Å². The van der Waals surface area contributed by atoms with E-state index in [9.17, 15) is 4.79 Å². The number of halogens is 1. The first-order chi connectivity index (χ1) is 9.47. The van der Waals surface area contributed by atoms with E-state index in [4.69, 9.17) is 11.6 Å². The van der Waals surface area contributed by atoms with Crippen LogP contribution < -0.4 is 0 Å². The Hall–Kier alpha value is -1.25. The van der Waals surface area contributed by atoms with Crippen molar-refractivity contribution in [2.45, 2.75) is 25.7 Å². The molecule has 0 aromatic heterocycles. The molecule has 2 rings (SSSR count). The van der Waals surface area contributed by atoms with Crippen LogP contribution in [0.5, 0.6) is 0 Å². The number of ketones is 1. The molecular formula is C17H17ClOS. The first-order valence-corrected chi connectivity index (χ1v) is 7.83. The second-order valence-corrected chi connectivity index (χ2v) is 6.43. The Bertz CT molecular complexity index is 626. The Kier molecular flexibility index (Phi) is 4.90. The number of carbonyl (C=O) groups is 1. The van der Waals surface area contributed by atoms with Crippen LogP contribution in [0.3, 0.4) is 0 Å². The van der Waals surface area contributed by atoms with Crippen molar-refractivity contribution in [1.29, 1.82) is 0 Å². The second-order valence-electron chi connectivity index (χ2n) is 4.94. The van der Waals surface area contributed by atoms with Gasteiger partial charge in [-0.15, -0.1) is 11.8 Å². The van der Waals surface area contributed by atoms with Crippen LogP contribution in [0, 0.1) is 20.8 Å². The highest BCUT2D eigenvalue weighted by Gasteiger charge is 2.13. The third-order valence-corrected chi connectivity index (χ3v) is 4.35. The molecule has 0 unspecified atom stereocenters. The molecule has 0 aliphatic carbocycles. The average Bonchev–Trinajstić information content (AvgIpc) is 2.35. The van der Waals surface area contributed by atoms with E-state index in [1.165, 1.54) is 17.3 Å². The first-order valence-electron chi connectivity index (χ1n) is 6.47. The molecule has 0 saturated heterocycles. The van der Waals surface area contributed by atoms with Gasteiger partial charge in [0, 0.05) is 15.5 Å². The number of hydrogen-bond donors (Lipinski definition) is 0. The molecule has 0 N–H and O–H groups in total. The van der Waals surface area contributed by atoms with Crippen molar-refractivity contribution in [3.05, 3.63) is 63.7 Å². The summed E-state index contributed by atoms with van der Waals surface area (Å²) in [6.45, 7) is 6.05. The lowest BCUT2D eigenvalue weighted by Crippen LogP contribution is -2.07. The summed E-state index contributed by atoms with van der Waals surface area (Å²) in [5, 5.41) is 0.699. The number of thioether (sulfide) groups is 1. The highest BCUT2D eigenvalue weighted by molar-refractivity contribution is 8.00. The zero-order valence-electron chi connectivity index (χ0n) is 11.9. The maximum atomic E-state index is 12.4. The smallest absolute Gasteiger partial charge is 0.173 e. The lowest BCUT2D eigenvalue weighted by Gasteiger charge is -2.10. The van der Waals surface area contributed by atoms with E-state index < -0.39 is 0 Å². The lowest BCUT2D eigenvalue weighted by molar-refractivity contribution is 0.102. The quantitative estimate of drug-likeness (QED) is 0.567. The molecule has 1 nitrogen and oxygen atoms in total. The Labute approximate surface area is 129 Å². The Morgan fingerprint density at radius 1 is 1.10 bits per heavy atom. The van der Waals surface area contributed by atoms with Crippen molar-refractivity contribution >= 4 is 29.1 Å². The van der Waals surface area contributed by atoms with Gasteiger partial charge >= 0.3 is 0 Å². The maximum absolute atomic E-state index is 12.4. The third kappa shape index (κ3) is 3.65. The van der Waals surface area contributed by atoms with Gasteiger partial charge in [-0.2, -0.15) is 0 Å². The second kappa shape index (κ2) is 6.47. The molecule has 104 valence electrons. The van der Waals surface area contributed by atoms with Crippen LogP contribution in [-0.2, 0) is 0 Å². The van der Waals surface area contributed by atoms with Crippen LogP contribution >= 0.6 is 23.4 Å². The fourth-order valence-electron chi connectivity index (χ4n) is 2.40. The molecule has 2 aromatic rings. The van der Waals surface area contributed by atoms with Gasteiger partial charge in [-0.05, 0) is 50.1 Å². The first kappa shape index (κ1) is 15.1. The molecule has 0 bridgehead atoms. The van der Waals surface area contributed by atoms with E-state index in [-0.39, 0.29) is 5.78 Å². The summed E-state index contributed by atoms with van der Waals surface area (Å²) in [6.07, 6.45) is 0. The Balaban J connectivity index is 2.13. The van der Waals surface area contributed by atoms with Crippen molar-refractivity contribution in [3.8, 4) is 0 Å². The van der Waals surface area contributed by atoms with Crippen LogP contribution in [0.25, 0.3) is 0 Å². The highest BCUT2D eigenvalue weighted by Crippen LogP contribution is 2.24. The normalized spacial score (nSPS) is 10.6. The molecule has 0 aliphatic heterocycles. The largest absolute Gasteiger partial charge is 0.293 e. The molecule has 0 heterocycles. The fraction of sp³-hybridized carbons (Fsp3) is 0.235. The van der Waals surface area contributed by atoms with Crippen LogP contribution in [0.4, 0.5) is 0 Å². The van der Waals surface area contributed by atoms with Crippen molar-refractivity contribution in [2.24, 2.45) is 0 Å². The molecule has 0 atom stereocenters. The minimum atomic E-state index is 0.171. The lowest BCUT2D eigenvalue weighted by atomic mass is 9.97. The number of rotatable bonds is 4. The molecule has 2 aromatic carbocycles. The zero-order chi connectivity index (χ0) is 14.7. The molecule has 0 aliphatic rings. The highest BCUT2D eigenvalue weighted by atomic mass is 35.5. The molecule has 20 heavy (non-hydrogen) atoms. The minimum Gasteiger partial charge on any atom is -0.293 e. The van der Waals surface area contributed by atoms with Gasteiger partial charge in [-0.1, -0.05) is 35.4 Å². The predicted molar refractivity (Wildman–Crippen MR) is 87.2 cm³/mol. The number of hydrogen-bond acceptors (Lipinski definition) is 2. The molecular weight excluding hydrogens is 288 g/mol. The third-order valence-electron chi connectivity index (χ3n) is 3.12. The summed E-state index contributed by atoms with van der Waals surface area (Å²) in [7, 11) is 0. The average molecular weight is 305 g/mol. The summed E-state index contributed by atoms with van der Waals surface area (Å²) < 4.78 is 0. The summed E-state index contributed by atoms with van der Waals surface area (Å²) in [4.78, 5) is 13.4. The van der Waals surface area contributed by atoms with Gasteiger partial charge in [0.15, 0.2) is 5.78 Å². The van der Waals surface area contributed by atoms with Gasteiger partial charge in [-0.3, -0.25) is 4.79 Å². The van der Waals surface area contributed by atoms with E-state index >= 15 is 0 Å². The fourth-order valence-corrected chi connectivity index (χ4v) is 3.48. The Morgan fingerprint density at radius 2 is 1.75 bits per heavy atom. The minimum absolute atomic E-state index is 0.171. The number of aryl methyl sites for hydroxylation is 3. The maximum Gasteiger partial charge on any atom is 0.173 e. The van der Waals surface area contributed by atoms with E-state index in [1.54, 1.807) is 0 Å². The van der Waals surface area contributed by atoms with Crippen LogP contribution in [0.1, 0.15) is 27.0 Å². The van der Waals surface area contributed by atoms with Gasteiger partial charge in [0.05, 0.1) is 5.75 Å². The van der Waals surface area contributed by atoms with Crippen molar-refractivity contribution in [3.63, 3.8) is 0 Å². The van der Waals surface area contributed by atoms with E-state index in [2.05, 4.69) is 19.1 Å². The van der Waals surface area contributed by atoms with Gasteiger partial charge in [-0.25, -0.2) is 0 Å². The van der Waals surface area contributed by atoms with Crippen LogP contribution in [0.15, 0.2) is 41.3 Å². The standard InChI is InChI=1S/C17H17ClOS/c1-11-7-12(2)17(13(3)8-11)16(19)10-20-15-6-4-5-14(18)9-15/h4-9H,10H2,1-3H3. The number of carbonyl (C=O) groups excluding carboxylic acids is 1. The van der Waals surface area contributed by atoms with Crippen molar-refractivity contribution in [2.75, 3.05) is 5.75 Å². The SMILES string of the molecule is Cc1cc(C)c(C(=O)CSc2cccc(Cl)c2)c(C)c1. The topological polar surface area (TPSA) is 17.1 Å². The predicted octanol–water partition coefficient (Wildman–Crippen LogP) is 5.24. The van der Waals surface area contributed by atoms with Gasteiger partial charge in [0.25, 0.3) is 0 Å². The number of benzene rings is 2. The summed E-state index contributed by atoms with van der Waals surface area (Å²) in [5.41, 5.74) is 4.16. The molecule has 0 spiro atoms.